The van der Waals surface area contributed by atoms with E-state index in [1.165, 1.54) is 19.3 Å². The minimum atomic E-state index is -0.0167. The van der Waals surface area contributed by atoms with E-state index >= 15 is 0 Å². The van der Waals surface area contributed by atoms with Gasteiger partial charge in [-0.15, -0.1) is 0 Å². The maximum atomic E-state index is 12.6. The van der Waals surface area contributed by atoms with Gasteiger partial charge in [0.05, 0.1) is 6.61 Å². The predicted octanol–water partition coefficient (Wildman–Crippen LogP) is 3.84. The highest BCUT2D eigenvalue weighted by molar-refractivity contribution is 5.92. The molecule has 142 valence electrons. The van der Waals surface area contributed by atoms with E-state index in [0.29, 0.717) is 25.6 Å². The topological polar surface area (TPSA) is 58.6 Å². The van der Waals surface area contributed by atoms with Crippen LogP contribution in [0.2, 0.25) is 0 Å². The molecule has 0 unspecified atom stereocenters. The number of anilines is 1. The van der Waals surface area contributed by atoms with Crippen molar-refractivity contribution in [3.8, 4) is 5.75 Å². The lowest BCUT2D eigenvalue weighted by Crippen LogP contribution is -2.44. The molecule has 1 aliphatic carbocycles. The van der Waals surface area contributed by atoms with E-state index in [-0.39, 0.29) is 17.7 Å². The molecule has 1 aromatic rings. The Morgan fingerprint density at radius 3 is 2.27 bits per heavy atom. The number of piperidine rings is 1. The lowest BCUT2D eigenvalue weighted by atomic mass is 9.87. The molecule has 1 heterocycles. The van der Waals surface area contributed by atoms with Crippen LogP contribution in [0.5, 0.6) is 5.75 Å². The zero-order valence-corrected chi connectivity index (χ0v) is 15.7. The minimum Gasteiger partial charge on any atom is -0.494 e. The number of nitrogens with one attached hydrogen (secondary N) is 1. The van der Waals surface area contributed by atoms with Crippen LogP contribution < -0.4 is 10.1 Å². The summed E-state index contributed by atoms with van der Waals surface area (Å²) in [5, 5.41) is 2.99. The number of likely N-dealkylation sites (tertiary alicyclic amines) is 1. The molecule has 2 aliphatic rings. The molecule has 5 nitrogen and oxygen atoms in total. The van der Waals surface area contributed by atoms with Gasteiger partial charge in [-0.3, -0.25) is 9.59 Å². The molecule has 0 aromatic heterocycles. The van der Waals surface area contributed by atoms with Crippen molar-refractivity contribution in [2.45, 2.75) is 51.9 Å². The van der Waals surface area contributed by atoms with Crippen molar-refractivity contribution in [1.29, 1.82) is 0 Å². The number of amides is 2. The van der Waals surface area contributed by atoms with Gasteiger partial charge < -0.3 is 15.0 Å². The van der Waals surface area contributed by atoms with Gasteiger partial charge in [-0.1, -0.05) is 19.3 Å². The van der Waals surface area contributed by atoms with Crippen molar-refractivity contribution >= 4 is 17.5 Å². The fraction of sp³-hybridized carbons (Fsp3) is 0.619. The summed E-state index contributed by atoms with van der Waals surface area (Å²) in [4.78, 5) is 27.1. The SMILES string of the molecule is CCOc1ccc(NC(=O)C2CCN(C(=O)C3CCCCC3)CC2)cc1. The molecule has 2 amide bonds. The maximum Gasteiger partial charge on any atom is 0.227 e. The van der Waals surface area contributed by atoms with E-state index in [9.17, 15) is 9.59 Å². The first-order chi connectivity index (χ1) is 12.7. The van der Waals surface area contributed by atoms with Gasteiger partial charge in [-0.2, -0.15) is 0 Å². The van der Waals surface area contributed by atoms with Crippen molar-refractivity contribution in [3.05, 3.63) is 24.3 Å². The Hall–Kier alpha value is -2.04. The fourth-order valence-electron chi connectivity index (χ4n) is 4.02. The first-order valence-corrected chi connectivity index (χ1v) is 10.00. The van der Waals surface area contributed by atoms with E-state index < -0.39 is 0 Å². The second-order valence-electron chi connectivity index (χ2n) is 7.38. The molecule has 0 atom stereocenters. The molecular weight excluding hydrogens is 328 g/mol. The van der Waals surface area contributed by atoms with Gasteiger partial charge in [0.2, 0.25) is 11.8 Å². The third-order valence-corrected chi connectivity index (χ3v) is 5.56. The van der Waals surface area contributed by atoms with Crippen molar-refractivity contribution in [2.75, 3.05) is 25.0 Å². The van der Waals surface area contributed by atoms with Crippen LogP contribution in [0.4, 0.5) is 5.69 Å². The summed E-state index contributed by atoms with van der Waals surface area (Å²) in [5.41, 5.74) is 0.791. The Morgan fingerprint density at radius 2 is 1.65 bits per heavy atom. The molecule has 3 rings (SSSR count). The molecule has 1 N–H and O–H groups in total. The van der Waals surface area contributed by atoms with Crippen LogP contribution in [0.25, 0.3) is 0 Å². The van der Waals surface area contributed by atoms with Gasteiger partial charge in [0, 0.05) is 30.6 Å². The zero-order valence-electron chi connectivity index (χ0n) is 15.7. The molecular formula is C21H30N2O3. The summed E-state index contributed by atoms with van der Waals surface area (Å²) < 4.78 is 5.42. The second kappa shape index (κ2) is 9.06. The standard InChI is InChI=1S/C21H30N2O3/c1-2-26-19-10-8-18(9-11-19)22-20(24)16-12-14-23(15-13-16)21(25)17-6-4-3-5-7-17/h8-11,16-17H,2-7,12-15H2,1H3,(H,22,24). The average Bonchev–Trinajstić information content (AvgIpc) is 2.70. The number of ether oxygens (including phenoxy) is 1. The van der Waals surface area contributed by atoms with Crippen molar-refractivity contribution in [3.63, 3.8) is 0 Å². The third-order valence-electron chi connectivity index (χ3n) is 5.56. The second-order valence-corrected chi connectivity index (χ2v) is 7.38. The number of rotatable bonds is 5. The van der Waals surface area contributed by atoms with Crippen molar-refractivity contribution < 1.29 is 14.3 Å². The van der Waals surface area contributed by atoms with Gasteiger partial charge in [-0.05, 0) is 56.9 Å². The molecule has 1 aliphatic heterocycles. The number of benzene rings is 1. The Morgan fingerprint density at radius 1 is 1.00 bits per heavy atom. The number of hydrogen-bond acceptors (Lipinski definition) is 3. The molecule has 26 heavy (non-hydrogen) atoms. The molecule has 1 aromatic carbocycles. The summed E-state index contributed by atoms with van der Waals surface area (Å²) in [6.45, 7) is 3.98. The normalized spacial score (nSPS) is 19.2. The molecule has 0 bridgehead atoms. The summed E-state index contributed by atoms with van der Waals surface area (Å²) >= 11 is 0. The molecule has 0 radical (unpaired) electrons. The van der Waals surface area contributed by atoms with Gasteiger partial charge in [-0.25, -0.2) is 0 Å². The number of hydrogen-bond donors (Lipinski definition) is 1. The Labute approximate surface area is 156 Å². The van der Waals surface area contributed by atoms with Crippen LogP contribution in [-0.2, 0) is 9.59 Å². The van der Waals surface area contributed by atoms with Crippen molar-refractivity contribution in [1.82, 2.24) is 4.90 Å². The Kier molecular flexibility index (Phi) is 6.53. The largest absolute Gasteiger partial charge is 0.494 e. The first-order valence-electron chi connectivity index (χ1n) is 10.00. The van der Waals surface area contributed by atoms with Gasteiger partial charge in [0.15, 0.2) is 0 Å². The fourth-order valence-corrected chi connectivity index (χ4v) is 4.02. The van der Waals surface area contributed by atoms with Crippen molar-refractivity contribution in [2.24, 2.45) is 11.8 Å². The van der Waals surface area contributed by atoms with Crippen LogP contribution in [0.1, 0.15) is 51.9 Å². The summed E-state index contributed by atoms with van der Waals surface area (Å²) in [5.74, 6) is 1.38. The van der Waals surface area contributed by atoms with Gasteiger partial charge >= 0.3 is 0 Å². The number of carbonyl (C=O) groups excluding carboxylic acids is 2. The minimum absolute atomic E-state index is 0.0167. The van der Waals surface area contributed by atoms with E-state index in [2.05, 4.69) is 5.32 Å². The highest BCUT2D eigenvalue weighted by Gasteiger charge is 2.31. The first kappa shape index (κ1) is 18.7. The lowest BCUT2D eigenvalue weighted by Gasteiger charge is -2.34. The highest BCUT2D eigenvalue weighted by Crippen LogP contribution is 2.28. The van der Waals surface area contributed by atoms with Crippen LogP contribution in [0.15, 0.2) is 24.3 Å². The van der Waals surface area contributed by atoms with Crippen LogP contribution in [-0.4, -0.2) is 36.4 Å². The molecule has 2 fully saturated rings. The smallest absolute Gasteiger partial charge is 0.227 e. The zero-order chi connectivity index (χ0) is 18.4. The van der Waals surface area contributed by atoms with Crippen LogP contribution in [0.3, 0.4) is 0 Å². The number of carbonyl (C=O) groups is 2. The Balaban J connectivity index is 1.46. The number of nitrogens with zero attached hydrogens (tertiary/aromatic N) is 1. The van der Waals surface area contributed by atoms with Crippen LogP contribution in [0, 0.1) is 11.8 Å². The predicted molar refractivity (Wildman–Crippen MR) is 102 cm³/mol. The average molecular weight is 358 g/mol. The van der Waals surface area contributed by atoms with Gasteiger partial charge in [0.1, 0.15) is 5.75 Å². The van der Waals surface area contributed by atoms with Crippen LogP contribution >= 0.6 is 0 Å². The lowest BCUT2D eigenvalue weighted by molar-refractivity contribution is -0.139. The van der Waals surface area contributed by atoms with E-state index in [4.69, 9.17) is 4.74 Å². The van der Waals surface area contributed by atoms with E-state index in [1.807, 2.05) is 36.1 Å². The highest BCUT2D eigenvalue weighted by atomic mass is 16.5. The van der Waals surface area contributed by atoms with E-state index in [1.54, 1.807) is 0 Å². The summed E-state index contributed by atoms with van der Waals surface area (Å²) in [6, 6.07) is 7.46. The third kappa shape index (κ3) is 4.77. The Bertz CT molecular complexity index is 600. The quantitative estimate of drug-likeness (QED) is 0.870. The maximum absolute atomic E-state index is 12.6. The monoisotopic (exact) mass is 358 g/mol. The van der Waals surface area contributed by atoms with Gasteiger partial charge in [0.25, 0.3) is 0 Å². The molecule has 0 spiro atoms. The molecule has 5 heteroatoms. The summed E-state index contributed by atoms with van der Waals surface area (Å²) in [7, 11) is 0. The van der Waals surface area contributed by atoms with E-state index in [0.717, 1.165) is 37.1 Å². The summed E-state index contributed by atoms with van der Waals surface area (Å²) in [6.07, 6.45) is 7.20. The molecule has 1 saturated carbocycles. The molecule has 1 saturated heterocycles.